The van der Waals surface area contributed by atoms with Crippen LogP contribution in [0.25, 0.3) is 0 Å². The summed E-state index contributed by atoms with van der Waals surface area (Å²) in [6.45, 7) is 0.898. The highest BCUT2D eigenvalue weighted by molar-refractivity contribution is 7.88. The summed E-state index contributed by atoms with van der Waals surface area (Å²) in [6, 6.07) is 10.6. The van der Waals surface area contributed by atoms with E-state index in [2.05, 4.69) is 15.0 Å². The molecule has 2 unspecified atom stereocenters. The zero-order chi connectivity index (χ0) is 26.2. The third-order valence-corrected chi connectivity index (χ3v) is 6.65. The van der Waals surface area contributed by atoms with Gasteiger partial charge in [0.25, 0.3) is 0 Å². The van der Waals surface area contributed by atoms with Crippen LogP contribution < -0.4 is 21.5 Å². The summed E-state index contributed by atoms with van der Waals surface area (Å²) in [6.07, 6.45) is 0. The van der Waals surface area contributed by atoms with E-state index in [1.54, 1.807) is 48.5 Å². The van der Waals surface area contributed by atoms with Gasteiger partial charge in [-0.15, -0.1) is 0 Å². The van der Waals surface area contributed by atoms with Gasteiger partial charge in [-0.1, -0.05) is 35.9 Å². The molecule has 0 heterocycles. The number of sulfonamides is 1. The van der Waals surface area contributed by atoms with E-state index in [9.17, 15) is 23.1 Å². The topological polar surface area (TPSA) is 180 Å². The van der Waals surface area contributed by atoms with Crippen molar-refractivity contribution < 1.29 is 23.1 Å². The Bertz CT molecular complexity index is 1150. The Morgan fingerprint density at radius 1 is 1.09 bits per heavy atom. The lowest BCUT2D eigenvalue weighted by atomic mass is 10.2. The average molecular weight is 525 g/mol. The molecule has 0 aliphatic heterocycles. The van der Waals surface area contributed by atoms with Crippen LogP contribution >= 0.6 is 11.6 Å². The van der Waals surface area contributed by atoms with Crippen LogP contribution in [0.15, 0.2) is 53.5 Å². The molecule has 0 aliphatic rings. The molecule has 0 aliphatic carbocycles. The van der Waals surface area contributed by atoms with Gasteiger partial charge in [-0.3, -0.25) is 9.59 Å². The van der Waals surface area contributed by atoms with Gasteiger partial charge in [0.15, 0.2) is 5.96 Å². The Kier molecular flexibility index (Phi) is 10.0. The van der Waals surface area contributed by atoms with Crippen LogP contribution in [-0.2, 0) is 31.9 Å². The number of guanidine groups is 1. The summed E-state index contributed by atoms with van der Waals surface area (Å²) in [7, 11) is -2.61. The zero-order valence-corrected chi connectivity index (χ0v) is 20.9. The molecule has 0 fully saturated rings. The standard InChI is InChI=1S/C22H29ClN6O5S/c1-14(20(31)26-11-15-5-9-18(10-6-15)27-22(24)25)29(2)21(32)19(12-30)28-35(33,34)13-16-3-7-17(23)8-4-16/h3-10,14,19,28,30H,11-13H2,1-2H3,(H,26,31)(H4,24,25,27). The average Bonchev–Trinajstić information content (AvgIpc) is 2.81. The number of nitrogens with two attached hydrogens (primary N) is 2. The monoisotopic (exact) mass is 524 g/mol. The van der Waals surface area contributed by atoms with E-state index in [1.165, 1.54) is 14.0 Å². The lowest BCUT2D eigenvalue weighted by Gasteiger charge is -2.28. The van der Waals surface area contributed by atoms with Crippen molar-refractivity contribution in [1.29, 1.82) is 0 Å². The summed E-state index contributed by atoms with van der Waals surface area (Å²) in [5.74, 6) is -1.69. The van der Waals surface area contributed by atoms with E-state index >= 15 is 0 Å². The Balaban J connectivity index is 1.95. The summed E-state index contributed by atoms with van der Waals surface area (Å²) in [5, 5.41) is 12.8. The number of amides is 2. The highest BCUT2D eigenvalue weighted by Gasteiger charge is 2.30. The van der Waals surface area contributed by atoms with E-state index in [-0.39, 0.29) is 12.5 Å². The molecule has 2 aromatic rings. The highest BCUT2D eigenvalue weighted by Crippen LogP contribution is 2.14. The Morgan fingerprint density at radius 3 is 2.20 bits per heavy atom. The van der Waals surface area contributed by atoms with Crippen molar-refractivity contribution in [2.75, 3.05) is 13.7 Å². The number of likely N-dealkylation sites (N-methyl/N-ethyl adjacent to an activating group) is 1. The van der Waals surface area contributed by atoms with Crippen molar-refractivity contribution in [3.63, 3.8) is 0 Å². The fourth-order valence-corrected chi connectivity index (χ4v) is 4.46. The van der Waals surface area contributed by atoms with E-state index in [0.717, 1.165) is 10.5 Å². The van der Waals surface area contributed by atoms with Gasteiger partial charge in [-0.25, -0.2) is 18.1 Å². The minimum absolute atomic E-state index is 0.0685. The van der Waals surface area contributed by atoms with E-state index < -0.39 is 46.3 Å². The SMILES string of the molecule is CC(C(=O)NCc1ccc(N=C(N)N)cc1)N(C)C(=O)C(CO)NS(=O)(=O)Cc1ccc(Cl)cc1. The van der Waals surface area contributed by atoms with Crippen LogP contribution in [0.1, 0.15) is 18.1 Å². The molecule has 0 spiro atoms. The van der Waals surface area contributed by atoms with Gasteiger partial charge in [0.1, 0.15) is 12.1 Å². The molecule has 2 amide bonds. The number of aliphatic imine (C=N–C) groups is 1. The Hall–Kier alpha value is -3.19. The minimum Gasteiger partial charge on any atom is -0.394 e. The third kappa shape index (κ3) is 8.83. The molecule has 0 aromatic heterocycles. The molecule has 0 bridgehead atoms. The quantitative estimate of drug-likeness (QED) is 0.205. The predicted octanol–water partition coefficient (Wildman–Crippen LogP) is 0.189. The maximum absolute atomic E-state index is 12.8. The number of benzene rings is 2. The van der Waals surface area contributed by atoms with Crippen molar-refractivity contribution in [3.8, 4) is 0 Å². The van der Waals surface area contributed by atoms with Gasteiger partial charge in [-0.2, -0.15) is 0 Å². The minimum atomic E-state index is -3.97. The Labute approximate surface area is 209 Å². The van der Waals surface area contributed by atoms with Crippen LogP contribution in [0.3, 0.4) is 0 Å². The molecule has 0 saturated heterocycles. The number of aliphatic hydroxyl groups excluding tert-OH is 1. The number of nitrogens with zero attached hydrogens (tertiary/aromatic N) is 2. The molecule has 2 aromatic carbocycles. The largest absolute Gasteiger partial charge is 0.394 e. The van der Waals surface area contributed by atoms with Gasteiger partial charge in [-0.05, 0) is 42.3 Å². The summed E-state index contributed by atoms with van der Waals surface area (Å²) in [5.41, 5.74) is 12.5. The van der Waals surface area contributed by atoms with Crippen molar-refractivity contribution in [3.05, 3.63) is 64.7 Å². The second kappa shape index (κ2) is 12.5. The number of nitrogens with one attached hydrogen (secondary N) is 2. The van der Waals surface area contributed by atoms with Crippen molar-refractivity contribution in [2.45, 2.75) is 31.3 Å². The number of carbonyl (C=O) groups excluding carboxylic acids is 2. The van der Waals surface area contributed by atoms with Gasteiger partial charge >= 0.3 is 0 Å². The number of aliphatic hydroxyl groups is 1. The van der Waals surface area contributed by atoms with Gasteiger partial charge in [0.05, 0.1) is 18.0 Å². The van der Waals surface area contributed by atoms with Crippen molar-refractivity contribution >= 4 is 45.1 Å². The van der Waals surface area contributed by atoms with Crippen molar-refractivity contribution in [2.24, 2.45) is 16.5 Å². The fraction of sp³-hybridized carbons (Fsp3) is 0.318. The fourth-order valence-electron chi connectivity index (χ4n) is 3.01. The molecular formula is C22H29ClN6O5S. The smallest absolute Gasteiger partial charge is 0.243 e. The number of hydrogen-bond acceptors (Lipinski definition) is 6. The first-order valence-corrected chi connectivity index (χ1v) is 12.5. The van der Waals surface area contributed by atoms with Crippen LogP contribution in [0.2, 0.25) is 5.02 Å². The second-order valence-electron chi connectivity index (χ2n) is 7.78. The molecule has 190 valence electrons. The van der Waals surface area contributed by atoms with Gasteiger partial charge < -0.3 is 26.8 Å². The summed E-state index contributed by atoms with van der Waals surface area (Å²) in [4.78, 5) is 30.4. The second-order valence-corrected chi connectivity index (χ2v) is 9.97. The number of hydrogen-bond donors (Lipinski definition) is 5. The first-order chi connectivity index (χ1) is 16.4. The molecule has 7 N–H and O–H groups in total. The van der Waals surface area contributed by atoms with Gasteiger partial charge in [0, 0.05) is 18.6 Å². The molecule has 0 radical (unpaired) electrons. The normalized spacial score (nSPS) is 12.9. The molecule has 35 heavy (non-hydrogen) atoms. The molecule has 13 heteroatoms. The lowest BCUT2D eigenvalue weighted by Crippen LogP contribution is -2.54. The van der Waals surface area contributed by atoms with E-state index in [1.807, 2.05) is 0 Å². The lowest BCUT2D eigenvalue weighted by molar-refractivity contribution is -0.140. The van der Waals surface area contributed by atoms with Gasteiger partial charge in [0.2, 0.25) is 21.8 Å². The predicted molar refractivity (Wildman–Crippen MR) is 134 cm³/mol. The van der Waals surface area contributed by atoms with E-state index in [4.69, 9.17) is 23.1 Å². The summed E-state index contributed by atoms with van der Waals surface area (Å²) >= 11 is 5.81. The maximum Gasteiger partial charge on any atom is 0.243 e. The molecule has 2 rings (SSSR count). The number of halogens is 1. The number of carbonyl (C=O) groups is 2. The van der Waals surface area contributed by atoms with Crippen molar-refractivity contribution in [1.82, 2.24) is 14.9 Å². The number of rotatable bonds is 11. The van der Waals surface area contributed by atoms with Crippen LogP contribution in [0.5, 0.6) is 0 Å². The molecular weight excluding hydrogens is 496 g/mol. The van der Waals surface area contributed by atoms with Crippen LogP contribution in [-0.4, -0.2) is 61.9 Å². The summed E-state index contributed by atoms with van der Waals surface area (Å²) < 4.78 is 27.2. The van der Waals surface area contributed by atoms with Crippen LogP contribution in [0, 0.1) is 0 Å². The third-order valence-electron chi connectivity index (χ3n) is 5.04. The first-order valence-electron chi connectivity index (χ1n) is 10.5. The van der Waals surface area contributed by atoms with Crippen LogP contribution in [0.4, 0.5) is 5.69 Å². The highest BCUT2D eigenvalue weighted by atomic mass is 35.5. The molecule has 11 nitrogen and oxygen atoms in total. The zero-order valence-electron chi connectivity index (χ0n) is 19.3. The Morgan fingerprint density at radius 2 is 1.66 bits per heavy atom. The molecule has 0 saturated carbocycles. The van der Waals surface area contributed by atoms with E-state index in [0.29, 0.717) is 16.3 Å². The molecule has 2 atom stereocenters. The first kappa shape index (κ1) is 28.1. The maximum atomic E-state index is 12.8.